The number of carbonyl (C=O) groups is 1. The molecule has 0 aromatic carbocycles. The van der Waals surface area contributed by atoms with Gasteiger partial charge in [-0.2, -0.15) is 0 Å². The van der Waals surface area contributed by atoms with Crippen LogP contribution in [0.3, 0.4) is 0 Å². The van der Waals surface area contributed by atoms with Crippen molar-refractivity contribution >= 4 is 40.7 Å². The van der Waals surface area contributed by atoms with Gasteiger partial charge in [0.1, 0.15) is 5.70 Å². The van der Waals surface area contributed by atoms with Gasteiger partial charge < -0.3 is 5.32 Å². The van der Waals surface area contributed by atoms with Gasteiger partial charge in [-0.1, -0.05) is 6.92 Å². The zero-order valence-electron chi connectivity index (χ0n) is 9.82. The molecule has 3 nitrogen and oxygen atoms in total. The molecule has 0 unspecified atom stereocenters. The molecule has 17 heavy (non-hydrogen) atoms. The minimum atomic E-state index is -0.0380. The Kier molecular flexibility index (Phi) is 3.59. The van der Waals surface area contributed by atoms with Gasteiger partial charge in [0.15, 0.2) is 5.11 Å². The first kappa shape index (κ1) is 12.3. The van der Waals surface area contributed by atoms with Crippen molar-refractivity contribution in [1.29, 1.82) is 0 Å². The fourth-order valence-electron chi connectivity index (χ4n) is 1.66. The fourth-order valence-corrected chi connectivity index (χ4v) is 2.88. The fraction of sp³-hybridized carbons (Fsp3) is 0.333. The molecular weight excluding hydrogens is 252 g/mol. The second kappa shape index (κ2) is 4.98. The van der Waals surface area contributed by atoms with E-state index in [4.69, 9.17) is 12.2 Å². The molecule has 2 rings (SSSR count). The summed E-state index contributed by atoms with van der Waals surface area (Å²) in [5, 5.41) is 3.45. The van der Waals surface area contributed by atoms with Crippen LogP contribution in [0.2, 0.25) is 0 Å². The van der Waals surface area contributed by atoms with E-state index < -0.39 is 0 Å². The Labute approximate surface area is 110 Å². The molecule has 0 aliphatic carbocycles. The van der Waals surface area contributed by atoms with Crippen LogP contribution in [0, 0.1) is 0 Å². The van der Waals surface area contributed by atoms with E-state index in [-0.39, 0.29) is 5.91 Å². The highest BCUT2D eigenvalue weighted by Gasteiger charge is 2.28. The smallest absolute Gasteiger partial charge is 0.276 e. The largest absolute Gasteiger partial charge is 0.328 e. The van der Waals surface area contributed by atoms with Crippen LogP contribution < -0.4 is 5.32 Å². The lowest BCUT2D eigenvalue weighted by molar-refractivity contribution is -0.122. The Morgan fingerprint density at radius 3 is 2.76 bits per heavy atom. The Bertz CT molecular complexity index is 490. The molecule has 1 aliphatic rings. The summed E-state index contributed by atoms with van der Waals surface area (Å²) in [6.45, 7) is 4.64. The summed E-state index contributed by atoms with van der Waals surface area (Å²) in [7, 11) is 0. The highest BCUT2D eigenvalue weighted by Crippen LogP contribution is 2.21. The Balaban J connectivity index is 2.23. The van der Waals surface area contributed by atoms with E-state index in [2.05, 4.69) is 18.3 Å². The molecule has 1 aromatic rings. The second-order valence-electron chi connectivity index (χ2n) is 3.70. The molecule has 1 saturated heterocycles. The van der Waals surface area contributed by atoms with Crippen molar-refractivity contribution in [1.82, 2.24) is 10.2 Å². The van der Waals surface area contributed by atoms with Gasteiger partial charge in [0.2, 0.25) is 0 Å². The molecule has 2 heterocycles. The first-order valence-electron chi connectivity index (χ1n) is 5.59. The number of hydrogen-bond donors (Lipinski definition) is 1. The quantitative estimate of drug-likeness (QED) is 0.673. The number of nitrogens with zero attached hydrogens (tertiary/aromatic N) is 1. The van der Waals surface area contributed by atoms with Crippen molar-refractivity contribution in [3.05, 3.63) is 27.6 Å². The van der Waals surface area contributed by atoms with Crippen molar-refractivity contribution in [3.8, 4) is 0 Å². The number of rotatable bonds is 3. The molecule has 0 saturated carbocycles. The third kappa shape index (κ3) is 2.40. The minimum Gasteiger partial charge on any atom is -0.328 e. The highest BCUT2D eigenvalue weighted by molar-refractivity contribution is 7.80. The number of aryl methyl sites for hydroxylation is 1. The summed E-state index contributed by atoms with van der Waals surface area (Å²) >= 11 is 6.80. The maximum Gasteiger partial charge on any atom is 0.276 e. The van der Waals surface area contributed by atoms with Gasteiger partial charge in [0.05, 0.1) is 0 Å². The number of carbonyl (C=O) groups excluding carboxylic acids is 1. The summed E-state index contributed by atoms with van der Waals surface area (Å²) in [5.74, 6) is -0.0380. The van der Waals surface area contributed by atoms with Crippen molar-refractivity contribution in [2.75, 3.05) is 6.54 Å². The number of amides is 1. The molecule has 1 aromatic heterocycles. The molecule has 90 valence electrons. The van der Waals surface area contributed by atoms with Gasteiger partial charge in [-0.25, -0.2) is 0 Å². The maximum atomic E-state index is 11.9. The molecule has 1 aliphatic heterocycles. The Morgan fingerprint density at radius 1 is 1.47 bits per heavy atom. The monoisotopic (exact) mass is 266 g/mol. The van der Waals surface area contributed by atoms with Crippen molar-refractivity contribution in [3.63, 3.8) is 0 Å². The van der Waals surface area contributed by atoms with Crippen molar-refractivity contribution in [2.24, 2.45) is 0 Å². The first-order chi connectivity index (χ1) is 8.15. The first-order valence-corrected chi connectivity index (χ1v) is 6.81. The number of hydrogen-bond acceptors (Lipinski definition) is 3. The molecule has 1 fully saturated rings. The minimum absolute atomic E-state index is 0.0380. The number of nitrogens with one attached hydrogen (secondary N) is 1. The lowest BCUT2D eigenvalue weighted by Crippen LogP contribution is -2.30. The summed E-state index contributed by atoms with van der Waals surface area (Å²) in [6, 6.07) is 4.12. The van der Waals surface area contributed by atoms with E-state index in [0.717, 1.165) is 11.3 Å². The lowest BCUT2D eigenvalue weighted by atomic mass is 10.3. The predicted octanol–water partition coefficient (Wildman–Crippen LogP) is 2.39. The van der Waals surface area contributed by atoms with Crippen molar-refractivity contribution < 1.29 is 4.79 Å². The molecule has 1 amide bonds. The van der Waals surface area contributed by atoms with Crippen molar-refractivity contribution in [2.45, 2.75) is 20.3 Å². The summed E-state index contributed by atoms with van der Waals surface area (Å²) < 4.78 is 0. The van der Waals surface area contributed by atoms with E-state index in [9.17, 15) is 4.79 Å². The van der Waals surface area contributed by atoms with Crippen LogP contribution in [0.15, 0.2) is 17.8 Å². The number of thiophene rings is 1. The van der Waals surface area contributed by atoms with Crippen LogP contribution in [0.25, 0.3) is 6.08 Å². The maximum absolute atomic E-state index is 11.9. The summed E-state index contributed by atoms with van der Waals surface area (Å²) in [6.07, 6.45) is 2.89. The molecule has 0 spiro atoms. The van der Waals surface area contributed by atoms with E-state index in [1.165, 1.54) is 4.88 Å². The van der Waals surface area contributed by atoms with Crippen LogP contribution in [-0.2, 0) is 11.2 Å². The summed E-state index contributed by atoms with van der Waals surface area (Å²) in [4.78, 5) is 15.9. The predicted molar refractivity (Wildman–Crippen MR) is 74.8 cm³/mol. The van der Waals surface area contributed by atoms with E-state index >= 15 is 0 Å². The summed E-state index contributed by atoms with van der Waals surface area (Å²) in [5.41, 5.74) is 0.571. The molecule has 0 atom stereocenters. The number of likely N-dealkylation sites (N-methyl/N-ethyl adjacent to an activating group) is 1. The third-order valence-corrected chi connectivity index (χ3v) is 4.10. The van der Waals surface area contributed by atoms with Gasteiger partial charge in [-0.05, 0) is 43.8 Å². The standard InChI is InChI=1S/C12H14N2OS2/c1-3-8-5-6-9(17-8)7-10-11(15)14(4-2)12(16)13-10/h5-7H,3-4H2,1-2H3,(H,13,16)/b10-7-. The molecule has 5 heteroatoms. The van der Waals surface area contributed by atoms with Crippen LogP contribution in [-0.4, -0.2) is 22.5 Å². The second-order valence-corrected chi connectivity index (χ2v) is 5.28. The van der Waals surface area contributed by atoms with E-state index in [1.54, 1.807) is 16.2 Å². The van der Waals surface area contributed by atoms with Gasteiger partial charge in [-0.15, -0.1) is 11.3 Å². The SMILES string of the molecule is CCc1ccc(/C=C2\NC(=S)N(CC)C2=O)s1. The number of thiocarbonyl (C=S) groups is 1. The van der Waals surface area contributed by atoms with E-state index in [1.807, 2.05) is 19.1 Å². The Morgan fingerprint density at radius 2 is 2.24 bits per heavy atom. The van der Waals surface area contributed by atoms with E-state index in [0.29, 0.717) is 17.4 Å². The average molecular weight is 266 g/mol. The van der Waals surface area contributed by atoms with Gasteiger partial charge in [0.25, 0.3) is 5.91 Å². The molecule has 0 radical (unpaired) electrons. The lowest BCUT2D eigenvalue weighted by Gasteiger charge is -2.08. The molecule has 1 N–H and O–H groups in total. The van der Waals surface area contributed by atoms with Crippen LogP contribution >= 0.6 is 23.6 Å². The normalized spacial score (nSPS) is 18.0. The van der Waals surface area contributed by atoms with Crippen LogP contribution in [0.4, 0.5) is 0 Å². The zero-order valence-corrected chi connectivity index (χ0v) is 11.5. The zero-order chi connectivity index (χ0) is 12.4. The molecule has 0 bridgehead atoms. The Hall–Kier alpha value is -1.20. The topological polar surface area (TPSA) is 32.3 Å². The van der Waals surface area contributed by atoms with Gasteiger partial charge in [0, 0.05) is 16.3 Å². The van der Waals surface area contributed by atoms with Crippen LogP contribution in [0.5, 0.6) is 0 Å². The van der Waals surface area contributed by atoms with Crippen LogP contribution in [0.1, 0.15) is 23.6 Å². The highest BCUT2D eigenvalue weighted by atomic mass is 32.1. The third-order valence-electron chi connectivity index (χ3n) is 2.60. The van der Waals surface area contributed by atoms with Gasteiger partial charge in [-0.3, -0.25) is 9.69 Å². The average Bonchev–Trinajstić information content (AvgIpc) is 2.86. The van der Waals surface area contributed by atoms with Gasteiger partial charge >= 0.3 is 0 Å². The molecular formula is C12H14N2OS2.